The first-order valence-electron chi connectivity index (χ1n) is 15.1. The van der Waals surface area contributed by atoms with Gasteiger partial charge in [0.05, 0.1) is 19.0 Å². The Hall–Kier alpha value is -3.97. The van der Waals surface area contributed by atoms with Crippen LogP contribution in [0.1, 0.15) is 56.4 Å². The molecule has 4 N–H and O–H groups in total. The van der Waals surface area contributed by atoms with Gasteiger partial charge >= 0.3 is 0 Å². The average molecular weight is 569 g/mol. The Morgan fingerprint density at radius 2 is 1.64 bits per heavy atom. The first kappa shape index (κ1) is 31.0. The summed E-state index contributed by atoms with van der Waals surface area (Å²) in [6.45, 7) is 3.95. The van der Waals surface area contributed by atoms with Crippen molar-refractivity contribution in [1.29, 1.82) is 0 Å². The number of rotatable bonds is 16. The molecule has 1 unspecified atom stereocenters. The predicted octanol–water partition coefficient (Wildman–Crippen LogP) is 5.39. The molecule has 3 aromatic carbocycles. The monoisotopic (exact) mass is 568 g/mol. The SMILES string of the molecule is CC(C)C[C@@H](CO)NC(=O)[C@H](Cc1cnc[nH]1)NC(=O)C(CCCCc1ccccc1)Cc1cccc2ccccc12. The molecule has 0 aliphatic heterocycles. The molecule has 42 heavy (non-hydrogen) atoms. The topological polar surface area (TPSA) is 107 Å². The minimum absolute atomic E-state index is 0.133. The first-order chi connectivity index (χ1) is 20.4. The van der Waals surface area contributed by atoms with Gasteiger partial charge in [-0.05, 0) is 59.9 Å². The highest BCUT2D eigenvalue weighted by Crippen LogP contribution is 2.24. The van der Waals surface area contributed by atoms with E-state index >= 15 is 0 Å². The Balaban J connectivity index is 1.51. The third kappa shape index (κ3) is 9.28. The van der Waals surface area contributed by atoms with Gasteiger partial charge in [0, 0.05) is 24.2 Å². The van der Waals surface area contributed by atoms with Crippen molar-refractivity contribution in [3.05, 3.63) is 102 Å². The highest BCUT2D eigenvalue weighted by Gasteiger charge is 2.28. The maximum absolute atomic E-state index is 14.0. The van der Waals surface area contributed by atoms with E-state index in [0.717, 1.165) is 41.3 Å². The van der Waals surface area contributed by atoms with Gasteiger partial charge in [-0.25, -0.2) is 4.98 Å². The fourth-order valence-electron chi connectivity index (χ4n) is 5.59. The number of H-pyrrole nitrogens is 1. The fourth-order valence-corrected chi connectivity index (χ4v) is 5.59. The van der Waals surface area contributed by atoms with Crippen molar-refractivity contribution in [3.8, 4) is 0 Å². The van der Waals surface area contributed by atoms with E-state index in [9.17, 15) is 14.7 Å². The minimum atomic E-state index is -0.793. The van der Waals surface area contributed by atoms with E-state index in [0.29, 0.717) is 25.2 Å². The number of aromatic amines is 1. The smallest absolute Gasteiger partial charge is 0.243 e. The molecular weight excluding hydrogens is 524 g/mol. The number of hydrogen-bond donors (Lipinski definition) is 4. The van der Waals surface area contributed by atoms with Gasteiger partial charge in [0.2, 0.25) is 11.8 Å². The second-order valence-corrected chi connectivity index (χ2v) is 11.6. The summed E-state index contributed by atoms with van der Waals surface area (Å²) in [5.74, 6) is -0.422. The number of benzene rings is 3. The molecule has 0 spiro atoms. The van der Waals surface area contributed by atoms with Gasteiger partial charge in [-0.2, -0.15) is 0 Å². The lowest BCUT2D eigenvalue weighted by Gasteiger charge is -2.25. The molecule has 0 radical (unpaired) electrons. The molecule has 222 valence electrons. The molecule has 4 aromatic rings. The Kier molecular flexibility index (Phi) is 11.7. The van der Waals surface area contributed by atoms with Crippen LogP contribution in [0.15, 0.2) is 85.3 Å². The van der Waals surface area contributed by atoms with Gasteiger partial charge in [-0.1, -0.05) is 93.1 Å². The number of aliphatic hydroxyl groups excluding tert-OH is 1. The molecule has 3 atom stereocenters. The van der Waals surface area contributed by atoms with Crippen LogP contribution in [0.3, 0.4) is 0 Å². The average Bonchev–Trinajstić information content (AvgIpc) is 3.51. The number of carbonyl (C=O) groups excluding carboxylic acids is 2. The number of nitrogens with one attached hydrogen (secondary N) is 3. The van der Waals surface area contributed by atoms with Crippen LogP contribution in [0.5, 0.6) is 0 Å². The summed E-state index contributed by atoms with van der Waals surface area (Å²) in [6.07, 6.45) is 8.32. The second kappa shape index (κ2) is 15.9. The molecule has 0 aliphatic rings. The molecular formula is C35H44N4O3. The van der Waals surface area contributed by atoms with Gasteiger partial charge in [-0.3, -0.25) is 9.59 Å². The number of hydrogen-bond acceptors (Lipinski definition) is 4. The van der Waals surface area contributed by atoms with Gasteiger partial charge < -0.3 is 20.7 Å². The van der Waals surface area contributed by atoms with Crippen LogP contribution in [0.4, 0.5) is 0 Å². The van der Waals surface area contributed by atoms with Crippen molar-refractivity contribution in [2.24, 2.45) is 11.8 Å². The number of fused-ring (bicyclic) bond motifs is 1. The zero-order valence-corrected chi connectivity index (χ0v) is 24.8. The summed E-state index contributed by atoms with van der Waals surface area (Å²) in [4.78, 5) is 34.6. The van der Waals surface area contributed by atoms with E-state index in [1.54, 1.807) is 12.5 Å². The van der Waals surface area contributed by atoms with Crippen molar-refractivity contribution >= 4 is 22.6 Å². The molecule has 4 rings (SSSR count). The zero-order valence-electron chi connectivity index (χ0n) is 24.8. The lowest BCUT2D eigenvalue weighted by Crippen LogP contribution is -2.53. The summed E-state index contributed by atoms with van der Waals surface area (Å²) >= 11 is 0. The number of imidazole rings is 1. The van der Waals surface area contributed by atoms with Crippen LogP contribution >= 0.6 is 0 Å². The Bertz CT molecular complexity index is 1380. The lowest BCUT2D eigenvalue weighted by molar-refractivity contribution is -0.131. The molecule has 0 saturated carbocycles. The summed E-state index contributed by atoms with van der Waals surface area (Å²) < 4.78 is 0. The van der Waals surface area contributed by atoms with Crippen LogP contribution in [0.2, 0.25) is 0 Å². The summed E-state index contributed by atoms with van der Waals surface area (Å²) in [6, 6.07) is 23.7. The highest BCUT2D eigenvalue weighted by molar-refractivity contribution is 5.90. The molecule has 1 aromatic heterocycles. The highest BCUT2D eigenvalue weighted by atomic mass is 16.3. The predicted molar refractivity (Wildman–Crippen MR) is 168 cm³/mol. The van der Waals surface area contributed by atoms with Crippen LogP contribution in [-0.4, -0.2) is 45.6 Å². The van der Waals surface area contributed by atoms with Gasteiger partial charge in [-0.15, -0.1) is 0 Å². The molecule has 0 bridgehead atoms. The number of aliphatic hydroxyl groups is 1. The molecule has 7 nitrogen and oxygen atoms in total. The standard InChI is InChI=1S/C35H44N4O3/c1-25(2)19-31(23-40)38-35(42)33(21-30-22-36-24-37-30)39-34(41)29(15-7-6-13-26-11-4-3-5-12-26)20-28-17-10-16-27-14-8-9-18-32(27)28/h3-5,8-12,14,16-18,22,24-25,29,31,33,40H,6-7,13,15,19-21,23H2,1-2H3,(H,36,37)(H,38,42)(H,39,41)/t29?,31-,33-/m0/s1. The Morgan fingerprint density at radius 1 is 0.881 bits per heavy atom. The number of unbranched alkanes of at least 4 members (excludes halogenated alkanes) is 1. The van der Waals surface area contributed by atoms with Crippen LogP contribution in [-0.2, 0) is 28.9 Å². The number of carbonyl (C=O) groups is 2. The summed E-state index contributed by atoms with van der Waals surface area (Å²) in [5, 5.41) is 18.2. The molecule has 1 heterocycles. The van der Waals surface area contributed by atoms with Crippen molar-refractivity contribution < 1.29 is 14.7 Å². The Labute approximate surface area is 249 Å². The van der Waals surface area contributed by atoms with Gasteiger partial charge in [0.25, 0.3) is 0 Å². The van der Waals surface area contributed by atoms with E-state index < -0.39 is 6.04 Å². The number of aromatic nitrogens is 2. The van der Waals surface area contributed by atoms with Crippen molar-refractivity contribution in [2.45, 2.75) is 70.9 Å². The quantitative estimate of drug-likeness (QED) is 0.136. The van der Waals surface area contributed by atoms with E-state index in [4.69, 9.17) is 0 Å². The number of amides is 2. The third-order valence-corrected chi connectivity index (χ3v) is 7.76. The van der Waals surface area contributed by atoms with Crippen molar-refractivity contribution in [3.63, 3.8) is 0 Å². The van der Waals surface area contributed by atoms with Crippen LogP contribution < -0.4 is 10.6 Å². The minimum Gasteiger partial charge on any atom is -0.394 e. The molecule has 0 saturated heterocycles. The molecule has 0 fully saturated rings. The van der Waals surface area contributed by atoms with Crippen LogP contribution in [0, 0.1) is 11.8 Å². The summed E-state index contributed by atoms with van der Waals surface area (Å²) in [7, 11) is 0. The third-order valence-electron chi connectivity index (χ3n) is 7.76. The van der Waals surface area contributed by atoms with E-state index in [1.165, 1.54) is 5.56 Å². The number of aryl methyl sites for hydroxylation is 1. The second-order valence-electron chi connectivity index (χ2n) is 11.6. The van der Waals surface area contributed by atoms with Gasteiger partial charge in [0.1, 0.15) is 6.04 Å². The molecule has 7 heteroatoms. The van der Waals surface area contributed by atoms with Crippen molar-refractivity contribution in [2.75, 3.05) is 6.61 Å². The lowest BCUT2D eigenvalue weighted by atomic mass is 9.89. The van der Waals surface area contributed by atoms with E-state index in [1.807, 2.05) is 38.1 Å². The Morgan fingerprint density at radius 3 is 2.38 bits per heavy atom. The summed E-state index contributed by atoms with van der Waals surface area (Å²) in [5.41, 5.74) is 3.18. The molecule has 0 aliphatic carbocycles. The number of nitrogens with zero attached hydrogens (tertiary/aromatic N) is 1. The zero-order chi connectivity index (χ0) is 29.7. The van der Waals surface area contributed by atoms with Gasteiger partial charge in [0.15, 0.2) is 0 Å². The van der Waals surface area contributed by atoms with Crippen molar-refractivity contribution in [1.82, 2.24) is 20.6 Å². The van der Waals surface area contributed by atoms with Crippen LogP contribution in [0.25, 0.3) is 10.8 Å². The maximum Gasteiger partial charge on any atom is 0.243 e. The largest absolute Gasteiger partial charge is 0.394 e. The van der Waals surface area contributed by atoms with E-state index in [2.05, 4.69) is 69.1 Å². The maximum atomic E-state index is 14.0. The first-order valence-corrected chi connectivity index (χ1v) is 15.1. The van der Waals surface area contributed by atoms with E-state index in [-0.39, 0.29) is 36.8 Å². The fraction of sp³-hybridized carbons (Fsp3) is 0.400. The normalized spacial score (nSPS) is 13.5. The molecule has 2 amide bonds.